The van der Waals surface area contributed by atoms with E-state index in [1.807, 2.05) is 0 Å². The van der Waals surface area contributed by atoms with Gasteiger partial charge >= 0.3 is 12.1 Å². The van der Waals surface area contributed by atoms with Crippen LogP contribution in [0.3, 0.4) is 0 Å². The van der Waals surface area contributed by atoms with Crippen LogP contribution in [-0.2, 0) is 24.3 Å². The van der Waals surface area contributed by atoms with Crippen molar-refractivity contribution in [1.82, 2.24) is 4.98 Å². The molecule has 0 radical (unpaired) electrons. The van der Waals surface area contributed by atoms with E-state index in [9.17, 15) is 18.0 Å². The molecule has 3 rings (SSSR count). The number of aromatic nitrogens is 1. The minimum absolute atomic E-state index is 0.0458. The maximum Gasteiger partial charge on any atom is 0.415 e. The number of sulfonamides is 1. The summed E-state index contributed by atoms with van der Waals surface area (Å²) >= 11 is 6.10. The summed E-state index contributed by atoms with van der Waals surface area (Å²) in [5.41, 5.74) is 0.329. The molecule has 0 saturated heterocycles. The third kappa shape index (κ3) is 7.90. The van der Waals surface area contributed by atoms with Gasteiger partial charge in [-0.05, 0) is 76.1 Å². The summed E-state index contributed by atoms with van der Waals surface area (Å²) in [5, 5.41) is 0.0458. The number of aryl methyl sites for hydroxylation is 1. The van der Waals surface area contributed by atoms with Crippen LogP contribution in [0.15, 0.2) is 59.8 Å². The standard InChI is InChI=1S/C27H29ClFN3O6S/c1-6-37-24(33)16-32(26(34)38-27(3,4)5)20-9-7-18(8-10-20)22-12-19(28)13-23(29)25(22)31-39(35,36)21-11-17(2)14-30-15-21/h7-15,31H,6,16H2,1-5H3. The molecular weight excluding hydrogens is 549 g/mol. The van der Waals surface area contributed by atoms with Gasteiger partial charge in [0.2, 0.25) is 0 Å². The van der Waals surface area contributed by atoms with Crippen molar-refractivity contribution in [3.63, 3.8) is 0 Å². The molecule has 0 fully saturated rings. The molecule has 208 valence electrons. The van der Waals surface area contributed by atoms with Crippen LogP contribution < -0.4 is 9.62 Å². The van der Waals surface area contributed by atoms with E-state index in [1.165, 1.54) is 42.6 Å². The fourth-order valence-corrected chi connectivity index (χ4v) is 4.85. The van der Waals surface area contributed by atoms with Crippen molar-refractivity contribution in [2.75, 3.05) is 22.8 Å². The fourth-order valence-electron chi connectivity index (χ4n) is 3.51. The number of ether oxygens (including phenoxy) is 2. The van der Waals surface area contributed by atoms with Crippen LogP contribution in [0.1, 0.15) is 33.3 Å². The number of hydrogen-bond acceptors (Lipinski definition) is 7. The summed E-state index contributed by atoms with van der Waals surface area (Å²) in [4.78, 5) is 29.9. The van der Waals surface area contributed by atoms with Gasteiger partial charge in [0.15, 0.2) is 0 Å². The zero-order chi connectivity index (χ0) is 29.0. The molecule has 1 N–H and O–H groups in total. The summed E-state index contributed by atoms with van der Waals surface area (Å²) in [7, 11) is -4.19. The number of esters is 1. The van der Waals surface area contributed by atoms with Gasteiger partial charge in [0.25, 0.3) is 10.0 Å². The molecule has 0 unspecified atom stereocenters. The summed E-state index contributed by atoms with van der Waals surface area (Å²) < 4.78 is 53.8. The van der Waals surface area contributed by atoms with Crippen LogP contribution >= 0.6 is 11.6 Å². The molecule has 1 amide bonds. The lowest BCUT2D eigenvalue weighted by atomic mass is 10.0. The molecule has 0 aliphatic rings. The number of rotatable bonds is 8. The molecule has 0 spiro atoms. The second kappa shape index (κ2) is 12.0. The summed E-state index contributed by atoms with van der Waals surface area (Å²) in [5.74, 6) is -1.52. The van der Waals surface area contributed by atoms with E-state index in [0.29, 0.717) is 16.8 Å². The van der Waals surface area contributed by atoms with E-state index in [0.717, 1.165) is 17.2 Å². The Balaban J connectivity index is 2.01. The number of carbonyl (C=O) groups excluding carboxylic acids is 2. The molecule has 0 aliphatic carbocycles. The fraction of sp³-hybridized carbons (Fsp3) is 0.296. The number of carbonyl (C=O) groups is 2. The molecule has 0 aliphatic heterocycles. The minimum Gasteiger partial charge on any atom is -0.465 e. The van der Waals surface area contributed by atoms with Crippen LogP contribution in [0.5, 0.6) is 0 Å². The predicted octanol–water partition coefficient (Wildman–Crippen LogP) is 5.95. The molecule has 0 atom stereocenters. The molecular formula is C27H29ClFN3O6S. The Kier molecular flexibility index (Phi) is 9.18. The van der Waals surface area contributed by atoms with Gasteiger partial charge in [-0.15, -0.1) is 0 Å². The number of nitrogens with zero attached hydrogens (tertiary/aromatic N) is 2. The Morgan fingerprint density at radius 1 is 1.10 bits per heavy atom. The summed E-state index contributed by atoms with van der Waals surface area (Å²) in [6.45, 7) is 8.15. The number of anilines is 2. The second-order valence-electron chi connectivity index (χ2n) is 9.53. The highest BCUT2D eigenvalue weighted by atomic mass is 35.5. The first-order chi connectivity index (χ1) is 18.2. The Morgan fingerprint density at radius 2 is 1.77 bits per heavy atom. The third-order valence-corrected chi connectivity index (χ3v) is 6.68. The topological polar surface area (TPSA) is 115 Å². The highest BCUT2D eigenvalue weighted by molar-refractivity contribution is 7.92. The Bertz CT molecular complexity index is 1470. The summed E-state index contributed by atoms with van der Waals surface area (Å²) in [6.07, 6.45) is 1.89. The lowest BCUT2D eigenvalue weighted by Crippen LogP contribution is -2.40. The van der Waals surface area contributed by atoms with Gasteiger partial charge in [0, 0.05) is 28.7 Å². The van der Waals surface area contributed by atoms with Crippen molar-refractivity contribution in [3.8, 4) is 11.1 Å². The Hall–Kier alpha value is -3.70. The predicted molar refractivity (Wildman–Crippen MR) is 147 cm³/mol. The van der Waals surface area contributed by atoms with Crippen molar-refractivity contribution in [3.05, 3.63) is 71.3 Å². The third-order valence-electron chi connectivity index (χ3n) is 5.15. The first-order valence-corrected chi connectivity index (χ1v) is 13.8. The van der Waals surface area contributed by atoms with E-state index < -0.39 is 40.0 Å². The van der Waals surface area contributed by atoms with Crippen LogP contribution in [0.25, 0.3) is 11.1 Å². The van der Waals surface area contributed by atoms with Crippen LogP contribution in [0.4, 0.5) is 20.6 Å². The van der Waals surface area contributed by atoms with Crippen molar-refractivity contribution < 1.29 is 31.9 Å². The first-order valence-electron chi connectivity index (χ1n) is 11.9. The van der Waals surface area contributed by atoms with Gasteiger partial charge in [-0.3, -0.25) is 19.4 Å². The van der Waals surface area contributed by atoms with Crippen LogP contribution in [-0.4, -0.2) is 44.2 Å². The molecule has 3 aromatic rings. The SMILES string of the molecule is CCOC(=O)CN(C(=O)OC(C)(C)C)c1ccc(-c2cc(Cl)cc(F)c2NS(=O)(=O)c2cncc(C)c2)cc1. The number of nitrogens with one attached hydrogen (secondary N) is 1. The van der Waals surface area contributed by atoms with Crippen molar-refractivity contribution >= 4 is 45.1 Å². The second-order valence-corrected chi connectivity index (χ2v) is 11.7. The molecule has 12 heteroatoms. The number of halogens is 2. The average Bonchev–Trinajstić information content (AvgIpc) is 2.83. The van der Waals surface area contributed by atoms with Gasteiger partial charge in [-0.25, -0.2) is 17.6 Å². The van der Waals surface area contributed by atoms with E-state index >= 15 is 4.39 Å². The quantitative estimate of drug-likeness (QED) is 0.329. The van der Waals surface area contributed by atoms with Gasteiger partial charge in [-0.2, -0.15) is 0 Å². The number of amides is 1. The van der Waals surface area contributed by atoms with Gasteiger partial charge in [0.1, 0.15) is 22.9 Å². The molecule has 1 heterocycles. The molecule has 39 heavy (non-hydrogen) atoms. The van der Waals surface area contributed by atoms with Gasteiger partial charge < -0.3 is 9.47 Å². The largest absolute Gasteiger partial charge is 0.465 e. The van der Waals surface area contributed by atoms with Crippen molar-refractivity contribution in [2.45, 2.75) is 45.1 Å². The smallest absolute Gasteiger partial charge is 0.415 e. The normalized spacial score (nSPS) is 11.6. The highest BCUT2D eigenvalue weighted by Gasteiger charge is 2.26. The molecule has 0 bridgehead atoms. The zero-order valence-electron chi connectivity index (χ0n) is 22.1. The lowest BCUT2D eigenvalue weighted by Gasteiger charge is -2.27. The highest BCUT2D eigenvalue weighted by Crippen LogP contribution is 2.36. The van der Waals surface area contributed by atoms with E-state index in [2.05, 4.69) is 9.71 Å². The van der Waals surface area contributed by atoms with Crippen LogP contribution in [0, 0.1) is 12.7 Å². The maximum atomic E-state index is 15.1. The monoisotopic (exact) mass is 577 g/mol. The lowest BCUT2D eigenvalue weighted by molar-refractivity contribution is -0.141. The van der Waals surface area contributed by atoms with Crippen molar-refractivity contribution in [2.24, 2.45) is 0 Å². The van der Waals surface area contributed by atoms with Gasteiger partial charge in [0.05, 0.1) is 12.3 Å². The molecule has 9 nitrogen and oxygen atoms in total. The Labute approximate surface area is 232 Å². The van der Waals surface area contributed by atoms with Crippen molar-refractivity contribution in [1.29, 1.82) is 0 Å². The van der Waals surface area contributed by atoms with Crippen LogP contribution in [0.2, 0.25) is 5.02 Å². The van der Waals surface area contributed by atoms with E-state index in [4.69, 9.17) is 21.1 Å². The minimum atomic E-state index is -4.19. The number of pyridine rings is 1. The van der Waals surface area contributed by atoms with Gasteiger partial charge in [-0.1, -0.05) is 23.7 Å². The van der Waals surface area contributed by atoms with E-state index in [1.54, 1.807) is 34.6 Å². The Morgan fingerprint density at radius 3 is 2.36 bits per heavy atom. The number of benzene rings is 2. The molecule has 1 aromatic heterocycles. The first kappa shape index (κ1) is 29.9. The number of hydrogen-bond donors (Lipinski definition) is 1. The van der Waals surface area contributed by atoms with E-state index in [-0.39, 0.29) is 27.8 Å². The average molecular weight is 578 g/mol. The zero-order valence-corrected chi connectivity index (χ0v) is 23.7. The molecule has 0 saturated carbocycles. The maximum absolute atomic E-state index is 15.1. The summed E-state index contributed by atoms with van der Waals surface area (Å²) in [6, 6.07) is 9.92. The molecule has 2 aromatic carbocycles.